The van der Waals surface area contributed by atoms with Gasteiger partial charge < -0.3 is 0 Å². The Kier molecular flexibility index (Phi) is 4.07. The van der Waals surface area contributed by atoms with Crippen LogP contribution in [-0.2, 0) is 0 Å². The van der Waals surface area contributed by atoms with Crippen molar-refractivity contribution in [3.63, 3.8) is 0 Å². The van der Waals surface area contributed by atoms with Gasteiger partial charge in [0.1, 0.15) is 0 Å². The van der Waals surface area contributed by atoms with Crippen LogP contribution < -0.4 is 5.43 Å². The molecule has 0 radical (unpaired) electrons. The van der Waals surface area contributed by atoms with E-state index < -0.39 is 0 Å². The SMILES string of the molecule is Cc1ccc(C2=NNC(=NC(C)C)SC2)c(C)c1. The van der Waals surface area contributed by atoms with Crippen molar-refractivity contribution < 1.29 is 0 Å². The summed E-state index contributed by atoms with van der Waals surface area (Å²) in [4.78, 5) is 4.46. The predicted octanol–water partition coefficient (Wildman–Crippen LogP) is 3.11. The zero-order valence-electron chi connectivity index (χ0n) is 11.3. The van der Waals surface area contributed by atoms with Crippen LogP contribution in [0.15, 0.2) is 28.3 Å². The summed E-state index contributed by atoms with van der Waals surface area (Å²) >= 11 is 1.72. The molecular weight excluding hydrogens is 242 g/mol. The lowest BCUT2D eigenvalue weighted by atomic mass is 10.0. The minimum absolute atomic E-state index is 0.304. The van der Waals surface area contributed by atoms with Crippen molar-refractivity contribution in [1.82, 2.24) is 5.43 Å². The van der Waals surface area contributed by atoms with Gasteiger partial charge in [-0.1, -0.05) is 35.5 Å². The average molecular weight is 261 g/mol. The Labute approximate surface area is 113 Å². The number of rotatable bonds is 2. The number of nitrogens with one attached hydrogen (secondary N) is 1. The summed E-state index contributed by atoms with van der Waals surface area (Å²) < 4.78 is 0. The number of aliphatic imine (C=N–C) groups is 1. The van der Waals surface area contributed by atoms with Gasteiger partial charge in [-0.3, -0.25) is 10.4 Å². The molecule has 96 valence electrons. The number of hydrogen-bond acceptors (Lipinski definition) is 3. The molecule has 3 nitrogen and oxygen atoms in total. The largest absolute Gasteiger partial charge is 0.258 e. The van der Waals surface area contributed by atoms with Crippen molar-refractivity contribution in [2.75, 3.05) is 5.75 Å². The summed E-state index contributed by atoms with van der Waals surface area (Å²) in [6, 6.07) is 6.78. The standard InChI is InChI=1S/C14H19N3S/c1-9(2)15-14-17-16-13(8-18-14)12-6-5-10(3)7-11(12)4/h5-7,9H,8H2,1-4H3,(H,15,17). The third-order valence-electron chi connectivity index (χ3n) is 2.70. The van der Waals surface area contributed by atoms with Crippen LogP contribution in [0.2, 0.25) is 0 Å². The monoisotopic (exact) mass is 261 g/mol. The number of amidine groups is 1. The fraction of sp³-hybridized carbons (Fsp3) is 0.429. The second-order valence-electron chi connectivity index (χ2n) is 4.81. The van der Waals surface area contributed by atoms with Gasteiger partial charge in [0.2, 0.25) is 0 Å². The van der Waals surface area contributed by atoms with Crippen molar-refractivity contribution in [3.8, 4) is 0 Å². The van der Waals surface area contributed by atoms with Crippen LogP contribution in [-0.4, -0.2) is 22.7 Å². The lowest BCUT2D eigenvalue weighted by Gasteiger charge is -2.17. The first-order valence-corrected chi connectivity index (χ1v) is 7.15. The van der Waals surface area contributed by atoms with Crippen molar-refractivity contribution in [2.45, 2.75) is 33.7 Å². The maximum atomic E-state index is 4.46. The Bertz CT molecular complexity index is 504. The Morgan fingerprint density at radius 1 is 1.33 bits per heavy atom. The Hall–Kier alpha value is -1.29. The highest BCUT2D eigenvalue weighted by Crippen LogP contribution is 2.18. The molecule has 0 unspecified atom stereocenters. The molecule has 1 aromatic carbocycles. The topological polar surface area (TPSA) is 36.8 Å². The lowest BCUT2D eigenvalue weighted by molar-refractivity contribution is 0.826. The highest BCUT2D eigenvalue weighted by atomic mass is 32.2. The second-order valence-corrected chi connectivity index (χ2v) is 5.77. The molecule has 18 heavy (non-hydrogen) atoms. The Balaban J connectivity index is 2.19. The van der Waals surface area contributed by atoms with E-state index in [4.69, 9.17) is 0 Å². The molecule has 0 aliphatic carbocycles. The van der Waals surface area contributed by atoms with E-state index in [0.717, 1.165) is 16.6 Å². The zero-order valence-corrected chi connectivity index (χ0v) is 12.1. The van der Waals surface area contributed by atoms with Crippen LogP contribution in [0.3, 0.4) is 0 Å². The quantitative estimate of drug-likeness (QED) is 0.888. The Morgan fingerprint density at radius 2 is 2.11 bits per heavy atom. The number of nitrogens with zero attached hydrogens (tertiary/aromatic N) is 2. The van der Waals surface area contributed by atoms with E-state index in [0.29, 0.717) is 6.04 Å². The lowest BCUT2D eigenvalue weighted by Crippen LogP contribution is -2.26. The van der Waals surface area contributed by atoms with Crippen LogP contribution in [0.1, 0.15) is 30.5 Å². The van der Waals surface area contributed by atoms with Gasteiger partial charge in [-0.05, 0) is 33.3 Å². The van der Waals surface area contributed by atoms with E-state index in [9.17, 15) is 0 Å². The van der Waals surface area contributed by atoms with E-state index in [-0.39, 0.29) is 0 Å². The van der Waals surface area contributed by atoms with Gasteiger partial charge in [0, 0.05) is 17.4 Å². The second kappa shape index (κ2) is 5.57. The molecule has 1 N–H and O–H groups in total. The highest BCUT2D eigenvalue weighted by molar-refractivity contribution is 8.14. The molecule has 2 rings (SSSR count). The predicted molar refractivity (Wildman–Crippen MR) is 80.6 cm³/mol. The van der Waals surface area contributed by atoms with Crippen molar-refractivity contribution in [2.24, 2.45) is 10.1 Å². The number of thioether (sulfide) groups is 1. The van der Waals surface area contributed by atoms with E-state index in [1.807, 2.05) is 0 Å². The van der Waals surface area contributed by atoms with E-state index in [1.54, 1.807) is 11.8 Å². The van der Waals surface area contributed by atoms with Crippen molar-refractivity contribution >= 4 is 22.6 Å². The smallest absolute Gasteiger partial charge is 0.177 e. The summed E-state index contributed by atoms with van der Waals surface area (Å²) in [6.07, 6.45) is 0. The number of hydrazone groups is 1. The number of hydrogen-bond donors (Lipinski definition) is 1. The molecule has 1 heterocycles. The first-order chi connectivity index (χ1) is 8.56. The Morgan fingerprint density at radius 3 is 2.67 bits per heavy atom. The van der Waals surface area contributed by atoms with Gasteiger partial charge in [-0.2, -0.15) is 5.10 Å². The van der Waals surface area contributed by atoms with Crippen LogP contribution in [0.5, 0.6) is 0 Å². The van der Waals surface area contributed by atoms with Crippen LogP contribution in [0, 0.1) is 13.8 Å². The normalized spacial score (nSPS) is 17.8. The molecule has 0 atom stereocenters. The summed E-state index contributed by atoms with van der Waals surface area (Å²) in [5, 5.41) is 5.36. The fourth-order valence-corrected chi connectivity index (χ4v) is 2.78. The van der Waals surface area contributed by atoms with Gasteiger partial charge in [-0.25, -0.2) is 0 Å². The average Bonchev–Trinajstić information content (AvgIpc) is 2.30. The molecule has 0 fully saturated rings. The molecular formula is C14H19N3S. The van der Waals surface area contributed by atoms with E-state index in [2.05, 4.69) is 61.4 Å². The van der Waals surface area contributed by atoms with Crippen molar-refractivity contribution in [1.29, 1.82) is 0 Å². The molecule has 1 aliphatic heterocycles. The molecule has 1 aliphatic rings. The van der Waals surface area contributed by atoms with Gasteiger partial charge in [0.25, 0.3) is 0 Å². The molecule has 0 aromatic heterocycles. The molecule has 0 saturated heterocycles. The summed E-state index contributed by atoms with van der Waals surface area (Å²) in [7, 11) is 0. The minimum atomic E-state index is 0.304. The first kappa shape index (κ1) is 13.1. The highest BCUT2D eigenvalue weighted by Gasteiger charge is 2.14. The molecule has 1 aromatic rings. The fourth-order valence-electron chi connectivity index (χ4n) is 1.89. The zero-order chi connectivity index (χ0) is 13.1. The van der Waals surface area contributed by atoms with E-state index in [1.165, 1.54) is 16.7 Å². The minimum Gasteiger partial charge on any atom is -0.258 e. The van der Waals surface area contributed by atoms with Crippen molar-refractivity contribution in [3.05, 3.63) is 34.9 Å². The molecule has 0 spiro atoms. The number of benzene rings is 1. The maximum absolute atomic E-state index is 4.46. The number of aryl methyl sites for hydroxylation is 2. The molecule has 0 bridgehead atoms. The van der Waals surface area contributed by atoms with Crippen LogP contribution in [0.25, 0.3) is 0 Å². The third kappa shape index (κ3) is 3.13. The van der Waals surface area contributed by atoms with Gasteiger partial charge in [0.05, 0.1) is 5.71 Å². The third-order valence-corrected chi connectivity index (χ3v) is 3.59. The van der Waals surface area contributed by atoms with Gasteiger partial charge in [0.15, 0.2) is 5.17 Å². The van der Waals surface area contributed by atoms with Gasteiger partial charge in [-0.15, -0.1) is 0 Å². The van der Waals surface area contributed by atoms with Crippen LogP contribution in [0.4, 0.5) is 0 Å². The van der Waals surface area contributed by atoms with Gasteiger partial charge >= 0.3 is 0 Å². The molecule has 0 amide bonds. The molecule has 0 saturated carbocycles. The first-order valence-electron chi connectivity index (χ1n) is 6.17. The summed E-state index contributed by atoms with van der Waals surface area (Å²) in [5.41, 5.74) is 7.93. The summed E-state index contributed by atoms with van der Waals surface area (Å²) in [5.74, 6) is 0.877. The van der Waals surface area contributed by atoms with E-state index >= 15 is 0 Å². The van der Waals surface area contributed by atoms with Crippen LogP contribution >= 0.6 is 11.8 Å². The summed E-state index contributed by atoms with van der Waals surface area (Å²) in [6.45, 7) is 8.38. The molecule has 4 heteroatoms. The maximum Gasteiger partial charge on any atom is 0.177 e.